The molecule has 0 saturated heterocycles. The molecule has 2 aromatic carbocycles. The van der Waals surface area contributed by atoms with E-state index in [4.69, 9.17) is 4.74 Å². The number of rotatable bonds is 7. The average Bonchev–Trinajstić information content (AvgIpc) is 3.10. The minimum atomic E-state index is -0.676. The third-order valence-corrected chi connectivity index (χ3v) is 4.98. The molecule has 5 nitrogen and oxygen atoms in total. The van der Waals surface area contributed by atoms with Crippen molar-refractivity contribution in [3.63, 3.8) is 0 Å². The van der Waals surface area contributed by atoms with Crippen molar-refractivity contribution in [1.29, 1.82) is 0 Å². The summed E-state index contributed by atoms with van der Waals surface area (Å²) in [7, 11) is 0. The lowest BCUT2D eigenvalue weighted by Crippen LogP contribution is -2.27. The van der Waals surface area contributed by atoms with Crippen molar-refractivity contribution in [2.75, 3.05) is 6.54 Å². The second-order valence-corrected chi connectivity index (χ2v) is 7.09. The Morgan fingerprint density at radius 1 is 1.03 bits per heavy atom. The summed E-state index contributed by atoms with van der Waals surface area (Å²) in [6.45, 7) is 1.93. The fourth-order valence-corrected chi connectivity index (χ4v) is 3.41. The van der Waals surface area contributed by atoms with Gasteiger partial charge >= 0.3 is 0 Å². The van der Waals surface area contributed by atoms with Crippen LogP contribution in [0.15, 0.2) is 66.9 Å². The number of imidazole rings is 1. The van der Waals surface area contributed by atoms with Crippen LogP contribution in [0.3, 0.4) is 0 Å². The summed E-state index contributed by atoms with van der Waals surface area (Å²) < 4.78 is 35.1. The Hall–Kier alpha value is -3.74. The number of nitrogens with zero attached hydrogens (tertiary/aromatic N) is 2. The standard InChI is InChI=1S/C24H21F2N3O2/c1-16-22(24(30)27-13-12-17-7-3-2-4-8-17)29-14-6-11-21(23(29)28-16)31-15-18-19(25)9-5-10-20(18)26/h2-11,14H,12-13,15H2,1H3,(H,27,30). The van der Waals surface area contributed by atoms with Crippen LogP contribution in [0.1, 0.15) is 27.3 Å². The number of nitrogens with one attached hydrogen (secondary N) is 1. The van der Waals surface area contributed by atoms with E-state index in [1.807, 2.05) is 30.3 Å². The number of carbonyl (C=O) groups excluding carboxylic acids is 1. The number of carbonyl (C=O) groups is 1. The maximum Gasteiger partial charge on any atom is 0.270 e. The topological polar surface area (TPSA) is 55.6 Å². The Morgan fingerprint density at radius 3 is 2.52 bits per heavy atom. The number of benzene rings is 2. The molecule has 0 bridgehead atoms. The van der Waals surface area contributed by atoms with Gasteiger partial charge in [0.15, 0.2) is 11.4 Å². The molecule has 0 spiro atoms. The first kappa shape index (κ1) is 20.5. The summed E-state index contributed by atoms with van der Waals surface area (Å²) in [6.07, 6.45) is 2.42. The van der Waals surface area contributed by atoms with Crippen LogP contribution in [-0.2, 0) is 13.0 Å². The van der Waals surface area contributed by atoms with Gasteiger partial charge in [0, 0.05) is 12.7 Å². The van der Waals surface area contributed by atoms with Crippen molar-refractivity contribution in [2.24, 2.45) is 0 Å². The number of pyridine rings is 1. The molecule has 0 fully saturated rings. The highest BCUT2D eigenvalue weighted by Gasteiger charge is 2.19. The van der Waals surface area contributed by atoms with Gasteiger partial charge in [0.2, 0.25) is 0 Å². The maximum atomic E-state index is 13.9. The van der Waals surface area contributed by atoms with Crippen LogP contribution in [0.25, 0.3) is 5.65 Å². The lowest BCUT2D eigenvalue weighted by Gasteiger charge is -2.10. The average molecular weight is 421 g/mol. The number of halogens is 2. The third-order valence-electron chi connectivity index (χ3n) is 4.98. The van der Waals surface area contributed by atoms with Gasteiger partial charge < -0.3 is 10.1 Å². The molecule has 1 N–H and O–H groups in total. The van der Waals surface area contributed by atoms with Gasteiger partial charge in [-0.3, -0.25) is 9.20 Å². The van der Waals surface area contributed by atoms with Crippen molar-refractivity contribution in [1.82, 2.24) is 14.7 Å². The van der Waals surface area contributed by atoms with Crippen LogP contribution in [0.2, 0.25) is 0 Å². The molecule has 1 amide bonds. The molecule has 0 aliphatic heterocycles. The van der Waals surface area contributed by atoms with E-state index in [0.717, 1.165) is 5.56 Å². The largest absolute Gasteiger partial charge is 0.485 e. The molecule has 7 heteroatoms. The fraction of sp³-hybridized carbons (Fsp3) is 0.167. The van der Waals surface area contributed by atoms with E-state index < -0.39 is 11.6 Å². The summed E-state index contributed by atoms with van der Waals surface area (Å²) in [5, 5.41) is 2.92. The van der Waals surface area contributed by atoms with Crippen molar-refractivity contribution < 1.29 is 18.3 Å². The molecule has 158 valence electrons. The monoisotopic (exact) mass is 421 g/mol. The molecule has 0 radical (unpaired) electrons. The minimum absolute atomic E-state index is 0.161. The van der Waals surface area contributed by atoms with Gasteiger partial charge in [-0.2, -0.15) is 0 Å². The Bertz CT molecular complexity index is 1200. The zero-order chi connectivity index (χ0) is 21.8. The van der Waals surface area contributed by atoms with Crippen LogP contribution in [0.4, 0.5) is 8.78 Å². The summed E-state index contributed by atoms with van der Waals surface area (Å²) in [5.74, 6) is -1.27. The van der Waals surface area contributed by atoms with Crippen LogP contribution in [0, 0.1) is 18.6 Å². The number of ether oxygens (including phenoxy) is 1. The molecule has 0 saturated carbocycles. The van der Waals surface area contributed by atoms with Gasteiger partial charge in [0.05, 0.1) is 11.3 Å². The molecule has 0 aliphatic rings. The van der Waals surface area contributed by atoms with Gasteiger partial charge in [0.1, 0.15) is 23.9 Å². The second kappa shape index (κ2) is 8.95. The van der Waals surface area contributed by atoms with Crippen LogP contribution < -0.4 is 10.1 Å². The lowest BCUT2D eigenvalue weighted by molar-refractivity contribution is 0.0947. The highest BCUT2D eigenvalue weighted by Crippen LogP contribution is 2.24. The molecular formula is C24H21F2N3O2. The summed E-state index contributed by atoms with van der Waals surface area (Å²) in [6, 6.07) is 16.9. The number of hydrogen-bond acceptors (Lipinski definition) is 3. The zero-order valence-corrected chi connectivity index (χ0v) is 16.9. The fourth-order valence-electron chi connectivity index (χ4n) is 3.41. The molecule has 2 heterocycles. The molecular weight excluding hydrogens is 400 g/mol. The van der Waals surface area contributed by atoms with E-state index in [9.17, 15) is 13.6 Å². The van der Waals surface area contributed by atoms with Crippen LogP contribution in [0.5, 0.6) is 5.75 Å². The van der Waals surface area contributed by atoms with Crippen molar-refractivity contribution in [3.05, 3.63) is 101 Å². The van der Waals surface area contributed by atoms with E-state index >= 15 is 0 Å². The van der Waals surface area contributed by atoms with E-state index in [2.05, 4.69) is 10.3 Å². The molecule has 0 aliphatic carbocycles. The molecule has 2 aromatic heterocycles. The first-order valence-electron chi connectivity index (χ1n) is 9.90. The normalized spacial score (nSPS) is 10.9. The van der Waals surface area contributed by atoms with E-state index in [1.165, 1.54) is 18.2 Å². The summed E-state index contributed by atoms with van der Waals surface area (Å²) in [5.41, 5.74) is 2.31. The number of hydrogen-bond donors (Lipinski definition) is 1. The molecule has 4 aromatic rings. The minimum Gasteiger partial charge on any atom is -0.485 e. The Balaban J connectivity index is 1.52. The molecule has 31 heavy (non-hydrogen) atoms. The van der Waals surface area contributed by atoms with E-state index in [1.54, 1.807) is 29.7 Å². The summed E-state index contributed by atoms with van der Waals surface area (Å²) >= 11 is 0. The number of amides is 1. The van der Waals surface area contributed by atoms with Gasteiger partial charge in [-0.25, -0.2) is 13.8 Å². The summed E-state index contributed by atoms with van der Waals surface area (Å²) in [4.78, 5) is 17.2. The maximum absolute atomic E-state index is 13.9. The van der Waals surface area contributed by atoms with Gasteiger partial charge in [-0.15, -0.1) is 0 Å². The first-order chi connectivity index (χ1) is 15.0. The van der Waals surface area contributed by atoms with Gasteiger partial charge in [-0.1, -0.05) is 36.4 Å². The predicted molar refractivity (Wildman–Crippen MR) is 113 cm³/mol. The predicted octanol–water partition coefficient (Wildman–Crippen LogP) is 4.47. The highest BCUT2D eigenvalue weighted by atomic mass is 19.1. The Kier molecular flexibility index (Phi) is 5.93. The quantitative estimate of drug-likeness (QED) is 0.479. The SMILES string of the molecule is Cc1nc2c(OCc3c(F)cccc3F)cccn2c1C(=O)NCCc1ccccc1. The highest BCUT2D eigenvalue weighted by molar-refractivity contribution is 5.95. The number of fused-ring (bicyclic) bond motifs is 1. The van der Waals surface area contributed by atoms with Crippen molar-refractivity contribution in [2.45, 2.75) is 20.0 Å². The van der Waals surface area contributed by atoms with Gasteiger partial charge in [0.25, 0.3) is 5.91 Å². The Morgan fingerprint density at radius 2 is 1.77 bits per heavy atom. The molecule has 0 atom stereocenters. The van der Waals surface area contributed by atoms with Gasteiger partial charge in [-0.05, 0) is 43.2 Å². The number of aromatic nitrogens is 2. The van der Waals surface area contributed by atoms with Crippen LogP contribution in [-0.4, -0.2) is 21.8 Å². The molecule has 0 unspecified atom stereocenters. The lowest BCUT2D eigenvalue weighted by atomic mass is 10.1. The second-order valence-electron chi connectivity index (χ2n) is 7.09. The van der Waals surface area contributed by atoms with E-state index in [0.29, 0.717) is 35.8 Å². The smallest absolute Gasteiger partial charge is 0.270 e. The van der Waals surface area contributed by atoms with Crippen LogP contribution >= 0.6 is 0 Å². The van der Waals surface area contributed by atoms with Crippen molar-refractivity contribution >= 4 is 11.6 Å². The third kappa shape index (κ3) is 4.40. The first-order valence-corrected chi connectivity index (χ1v) is 9.90. The van der Waals surface area contributed by atoms with Crippen molar-refractivity contribution in [3.8, 4) is 5.75 Å². The Labute approximate surface area is 178 Å². The molecule has 4 rings (SSSR count). The number of aryl methyl sites for hydroxylation is 1. The van der Waals surface area contributed by atoms with E-state index in [-0.39, 0.29) is 18.1 Å². The zero-order valence-electron chi connectivity index (χ0n) is 16.9.